The first-order valence-electron chi connectivity index (χ1n) is 7.21. The summed E-state index contributed by atoms with van der Waals surface area (Å²) in [4.78, 5) is 6.84. The van der Waals surface area contributed by atoms with Gasteiger partial charge in [0.25, 0.3) is 0 Å². The summed E-state index contributed by atoms with van der Waals surface area (Å²) >= 11 is 0. The molecule has 4 heteroatoms. The van der Waals surface area contributed by atoms with Crippen molar-refractivity contribution in [3.8, 4) is 0 Å². The van der Waals surface area contributed by atoms with Crippen molar-refractivity contribution in [1.29, 1.82) is 0 Å². The second kappa shape index (κ2) is 5.38. The van der Waals surface area contributed by atoms with Crippen LogP contribution >= 0.6 is 0 Å². The third-order valence-electron chi connectivity index (χ3n) is 4.33. The predicted octanol–water partition coefficient (Wildman–Crippen LogP) is 2.10. The molecule has 0 radical (unpaired) electrons. The molecule has 0 spiro atoms. The molecule has 1 aliphatic rings. The number of aromatic nitrogens is 2. The summed E-state index contributed by atoms with van der Waals surface area (Å²) in [5, 5.41) is 0. The number of rotatable bonds is 3. The van der Waals surface area contributed by atoms with Crippen LogP contribution in [-0.4, -0.2) is 27.0 Å². The van der Waals surface area contributed by atoms with E-state index in [2.05, 4.69) is 58.8 Å². The second-order valence-corrected chi connectivity index (χ2v) is 5.68. The Morgan fingerprint density at radius 1 is 1.20 bits per heavy atom. The number of nitrogens with two attached hydrogens (primary N) is 1. The number of nitrogens with zero attached hydrogens (tertiary/aromatic N) is 3. The average Bonchev–Trinajstić information content (AvgIpc) is 2.94. The molecule has 1 aliphatic heterocycles. The summed E-state index contributed by atoms with van der Waals surface area (Å²) in [6, 6.07) is 8.89. The van der Waals surface area contributed by atoms with Crippen molar-refractivity contribution in [1.82, 2.24) is 14.5 Å². The number of imidazole rings is 1. The van der Waals surface area contributed by atoms with E-state index in [1.165, 1.54) is 11.1 Å². The van der Waals surface area contributed by atoms with E-state index in [9.17, 15) is 0 Å². The Bertz CT molecular complexity index is 572. The highest BCUT2D eigenvalue weighted by molar-refractivity contribution is 5.25. The monoisotopic (exact) mass is 270 g/mol. The molecule has 0 saturated carbocycles. The molecule has 0 amide bonds. The zero-order valence-corrected chi connectivity index (χ0v) is 12.2. The number of benzene rings is 1. The molecule has 20 heavy (non-hydrogen) atoms. The largest absolute Gasteiger partial charge is 0.333 e. The summed E-state index contributed by atoms with van der Waals surface area (Å²) in [5.74, 6) is 1.14. The fraction of sp³-hybridized carbons (Fsp3) is 0.438. The van der Waals surface area contributed by atoms with E-state index in [1.54, 1.807) is 0 Å². The highest BCUT2D eigenvalue weighted by Gasteiger charge is 2.25. The van der Waals surface area contributed by atoms with Crippen LogP contribution in [0.2, 0.25) is 0 Å². The van der Waals surface area contributed by atoms with Gasteiger partial charge in [-0.2, -0.15) is 0 Å². The Labute approximate surface area is 120 Å². The van der Waals surface area contributed by atoms with E-state index < -0.39 is 0 Å². The van der Waals surface area contributed by atoms with Gasteiger partial charge in [-0.15, -0.1) is 0 Å². The van der Waals surface area contributed by atoms with Crippen molar-refractivity contribution in [2.75, 3.05) is 6.54 Å². The summed E-state index contributed by atoms with van der Waals surface area (Å²) in [5.41, 5.74) is 8.92. The topological polar surface area (TPSA) is 47.1 Å². The molecule has 2 unspecified atom stereocenters. The van der Waals surface area contributed by atoms with Crippen LogP contribution in [0.4, 0.5) is 0 Å². The lowest BCUT2D eigenvalue weighted by atomic mass is 9.99. The highest BCUT2D eigenvalue weighted by atomic mass is 15.3. The lowest BCUT2D eigenvalue weighted by Crippen LogP contribution is -2.44. The molecule has 1 aromatic heterocycles. The van der Waals surface area contributed by atoms with Crippen LogP contribution in [0.3, 0.4) is 0 Å². The van der Waals surface area contributed by atoms with Crippen LogP contribution in [0.5, 0.6) is 0 Å². The molecule has 106 valence electrons. The molecule has 4 nitrogen and oxygen atoms in total. The van der Waals surface area contributed by atoms with Gasteiger partial charge in [-0.05, 0) is 19.4 Å². The van der Waals surface area contributed by atoms with Crippen molar-refractivity contribution in [3.63, 3.8) is 0 Å². The average molecular weight is 270 g/mol. The predicted molar refractivity (Wildman–Crippen MR) is 80.2 cm³/mol. The summed E-state index contributed by atoms with van der Waals surface area (Å²) in [6.07, 6.45) is 3.93. The van der Waals surface area contributed by atoms with Gasteiger partial charge >= 0.3 is 0 Å². The summed E-state index contributed by atoms with van der Waals surface area (Å²) < 4.78 is 2.22. The molecule has 2 heterocycles. The molecule has 0 aliphatic carbocycles. The first-order valence-corrected chi connectivity index (χ1v) is 7.21. The number of fused-ring (bicyclic) bond motifs is 1. The zero-order chi connectivity index (χ0) is 14.1. The van der Waals surface area contributed by atoms with E-state index >= 15 is 0 Å². The highest BCUT2D eigenvalue weighted by Crippen LogP contribution is 2.22. The Hall–Kier alpha value is -1.65. The van der Waals surface area contributed by atoms with Crippen molar-refractivity contribution in [2.24, 2.45) is 5.73 Å². The van der Waals surface area contributed by atoms with Gasteiger partial charge in [0.05, 0.1) is 6.54 Å². The molecular weight excluding hydrogens is 248 g/mol. The smallest absolute Gasteiger partial charge is 0.122 e. The molecule has 2 N–H and O–H groups in total. The van der Waals surface area contributed by atoms with E-state index in [0.717, 1.165) is 25.5 Å². The van der Waals surface area contributed by atoms with Crippen LogP contribution in [0, 0.1) is 6.92 Å². The minimum Gasteiger partial charge on any atom is -0.333 e. The third kappa shape index (κ3) is 2.49. The van der Waals surface area contributed by atoms with E-state index in [-0.39, 0.29) is 6.04 Å². The zero-order valence-electron chi connectivity index (χ0n) is 12.2. The molecule has 3 rings (SSSR count). The maximum Gasteiger partial charge on any atom is 0.122 e. The van der Waals surface area contributed by atoms with Gasteiger partial charge in [0, 0.05) is 37.6 Å². The minimum atomic E-state index is 0.0390. The van der Waals surface area contributed by atoms with Crippen LogP contribution < -0.4 is 5.73 Å². The lowest BCUT2D eigenvalue weighted by molar-refractivity contribution is 0.143. The molecule has 0 fully saturated rings. The maximum absolute atomic E-state index is 6.45. The van der Waals surface area contributed by atoms with Crippen molar-refractivity contribution in [2.45, 2.75) is 39.0 Å². The van der Waals surface area contributed by atoms with Gasteiger partial charge in [-0.3, -0.25) is 4.90 Å². The first-order chi connectivity index (χ1) is 9.65. The van der Waals surface area contributed by atoms with E-state index in [1.807, 2.05) is 6.20 Å². The quantitative estimate of drug-likeness (QED) is 0.929. The maximum atomic E-state index is 6.45. The van der Waals surface area contributed by atoms with E-state index in [4.69, 9.17) is 5.73 Å². The molecule has 0 bridgehead atoms. The van der Waals surface area contributed by atoms with Gasteiger partial charge in [0.1, 0.15) is 5.82 Å². The third-order valence-corrected chi connectivity index (χ3v) is 4.33. The van der Waals surface area contributed by atoms with Gasteiger partial charge < -0.3 is 10.3 Å². The van der Waals surface area contributed by atoms with Gasteiger partial charge in [0.15, 0.2) is 0 Å². The molecule has 2 atom stereocenters. The van der Waals surface area contributed by atoms with Gasteiger partial charge in [-0.25, -0.2) is 4.98 Å². The fourth-order valence-electron chi connectivity index (χ4n) is 2.83. The number of aryl methyl sites for hydroxylation is 1. The summed E-state index contributed by atoms with van der Waals surface area (Å²) in [7, 11) is 0. The normalized spacial score (nSPS) is 18.6. The standard InChI is InChI=1S/C16H22N4/c1-12-3-5-14(6-4-12)16(17)13(2)20-10-9-19-8-7-18-15(19)11-20/h3-8,13,16H,9-11,17H2,1-2H3. The summed E-state index contributed by atoms with van der Waals surface area (Å²) in [6.45, 7) is 7.23. The van der Waals surface area contributed by atoms with Crippen molar-refractivity contribution >= 4 is 0 Å². The van der Waals surface area contributed by atoms with Crippen molar-refractivity contribution in [3.05, 3.63) is 53.6 Å². The Morgan fingerprint density at radius 3 is 2.70 bits per heavy atom. The molecule has 0 saturated heterocycles. The minimum absolute atomic E-state index is 0.0390. The van der Waals surface area contributed by atoms with Crippen LogP contribution in [-0.2, 0) is 13.1 Å². The first kappa shape index (κ1) is 13.3. The Morgan fingerprint density at radius 2 is 1.95 bits per heavy atom. The van der Waals surface area contributed by atoms with E-state index in [0.29, 0.717) is 6.04 Å². The van der Waals surface area contributed by atoms with Gasteiger partial charge in [-0.1, -0.05) is 29.8 Å². The molecular formula is C16H22N4. The number of hydrogen-bond acceptors (Lipinski definition) is 3. The second-order valence-electron chi connectivity index (χ2n) is 5.68. The van der Waals surface area contributed by atoms with Gasteiger partial charge in [0.2, 0.25) is 0 Å². The van der Waals surface area contributed by atoms with Crippen LogP contribution in [0.15, 0.2) is 36.7 Å². The van der Waals surface area contributed by atoms with Crippen LogP contribution in [0.25, 0.3) is 0 Å². The fourth-order valence-corrected chi connectivity index (χ4v) is 2.83. The lowest BCUT2D eigenvalue weighted by Gasteiger charge is -2.36. The molecule has 1 aromatic carbocycles. The Balaban J connectivity index is 1.73. The Kier molecular flexibility index (Phi) is 3.59. The SMILES string of the molecule is Cc1ccc(C(N)C(C)N2CCn3ccnc3C2)cc1. The number of hydrogen-bond donors (Lipinski definition) is 1. The molecule has 2 aromatic rings. The van der Waals surface area contributed by atoms with Crippen LogP contribution in [0.1, 0.15) is 29.9 Å². The van der Waals surface area contributed by atoms with Crippen molar-refractivity contribution < 1.29 is 0 Å².